The van der Waals surface area contributed by atoms with Gasteiger partial charge in [-0.2, -0.15) is 0 Å². The van der Waals surface area contributed by atoms with Crippen LogP contribution in [0, 0.1) is 0 Å². The molecule has 0 bridgehead atoms. The van der Waals surface area contributed by atoms with Crippen molar-refractivity contribution < 1.29 is 17.9 Å². The van der Waals surface area contributed by atoms with Gasteiger partial charge in [0.2, 0.25) is 10.0 Å². The van der Waals surface area contributed by atoms with Crippen molar-refractivity contribution >= 4 is 10.0 Å². The molecule has 1 atom stereocenters. The normalized spacial score (nSPS) is 12.5. The van der Waals surface area contributed by atoms with Crippen LogP contribution in [-0.2, 0) is 10.0 Å². The van der Waals surface area contributed by atoms with Crippen molar-refractivity contribution in [2.24, 2.45) is 0 Å². The molecule has 0 aliphatic heterocycles. The van der Waals surface area contributed by atoms with Gasteiger partial charge in [-0.05, 0) is 66.1 Å². The Morgan fingerprint density at radius 1 is 1.03 bits per heavy atom. The van der Waals surface area contributed by atoms with Crippen LogP contribution in [0.2, 0.25) is 0 Å². The summed E-state index contributed by atoms with van der Waals surface area (Å²) in [5.41, 5.74) is 1.32. The van der Waals surface area contributed by atoms with Crippen LogP contribution in [0.25, 0.3) is 5.69 Å². The highest BCUT2D eigenvalue weighted by Crippen LogP contribution is 2.31. The molecule has 9 nitrogen and oxygen atoms in total. The zero-order chi connectivity index (χ0) is 22.3. The molecule has 1 heterocycles. The Balaban J connectivity index is 1.81. The summed E-state index contributed by atoms with van der Waals surface area (Å²) in [5.74, 6) is 1.27. The fraction of sp³-hybridized carbons (Fsp3) is 0.381. The van der Waals surface area contributed by atoms with Gasteiger partial charge in [-0.3, -0.25) is 0 Å². The summed E-state index contributed by atoms with van der Waals surface area (Å²) in [6.07, 6.45) is 3.15. The lowest BCUT2D eigenvalue weighted by molar-refractivity contribution is 0.268. The van der Waals surface area contributed by atoms with Gasteiger partial charge >= 0.3 is 0 Å². The van der Waals surface area contributed by atoms with Crippen LogP contribution < -0.4 is 14.2 Å². The molecule has 31 heavy (non-hydrogen) atoms. The first-order valence-corrected chi connectivity index (χ1v) is 11.7. The van der Waals surface area contributed by atoms with E-state index in [4.69, 9.17) is 9.47 Å². The lowest BCUT2D eigenvalue weighted by Crippen LogP contribution is -2.27. The third kappa shape index (κ3) is 5.80. The first kappa shape index (κ1) is 22.7. The van der Waals surface area contributed by atoms with Crippen molar-refractivity contribution in [1.82, 2.24) is 24.9 Å². The van der Waals surface area contributed by atoms with E-state index < -0.39 is 16.1 Å². The van der Waals surface area contributed by atoms with Crippen molar-refractivity contribution in [2.45, 2.75) is 44.6 Å². The molecule has 0 amide bonds. The highest BCUT2D eigenvalue weighted by atomic mass is 32.2. The van der Waals surface area contributed by atoms with Crippen LogP contribution >= 0.6 is 0 Å². The van der Waals surface area contributed by atoms with Gasteiger partial charge in [0.1, 0.15) is 6.33 Å². The monoisotopic (exact) mass is 445 g/mol. The lowest BCUT2D eigenvalue weighted by Gasteiger charge is -2.18. The SMILES string of the molecule is CCCOc1ccc([C@@H](C)NS(=O)(=O)c2cccc(-n3cnnn3)c2)cc1OCCC. The number of rotatable bonds is 11. The van der Waals surface area contributed by atoms with E-state index >= 15 is 0 Å². The minimum Gasteiger partial charge on any atom is -0.490 e. The molecule has 0 aliphatic rings. The molecule has 3 rings (SSSR count). The minimum absolute atomic E-state index is 0.123. The molecular weight excluding hydrogens is 418 g/mol. The quantitative estimate of drug-likeness (QED) is 0.482. The maximum absolute atomic E-state index is 13.0. The van der Waals surface area contributed by atoms with Gasteiger partial charge in [0, 0.05) is 6.04 Å². The minimum atomic E-state index is -3.78. The van der Waals surface area contributed by atoms with Crippen LogP contribution in [0.3, 0.4) is 0 Å². The predicted molar refractivity (Wildman–Crippen MR) is 116 cm³/mol. The Labute approximate surface area is 182 Å². The van der Waals surface area contributed by atoms with Gasteiger partial charge in [0.05, 0.1) is 23.8 Å². The number of nitrogens with zero attached hydrogens (tertiary/aromatic N) is 4. The van der Waals surface area contributed by atoms with Crippen LogP contribution in [0.4, 0.5) is 0 Å². The summed E-state index contributed by atoms with van der Waals surface area (Å²) in [6, 6.07) is 11.4. The molecule has 1 aromatic heterocycles. The zero-order valence-electron chi connectivity index (χ0n) is 17.9. The summed E-state index contributed by atoms with van der Waals surface area (Å²) in [5, 5.41) is 11.0. The molecule has 2 aromatic carbocycles. The average molecular weight is 446 g/mol. The molecule has 10 heteroatoms. The number of aromatic nitrogens is 4. The Morgan fingerprint density at radius 3 is 2.45 bits per heavy atom. The van der Waals surface area contributed by atoms with Crippen molar-refractivity contribution in [3.8, 4) is 17.2 Å². The van der Waals surface area contributed by atoms with Gasteiger partial charge < -0.3 is 9.47 Å². The number of benzene rings is 2. The second kappa shape index (κ2) is 10.4. The molecular formula is C21H27N5O4S. The van der Waals surface area contributed by atoms with E-state index in [1.54, 1.807) is 19.1 Å². The summed E-state index contributed by atoms with van der Waals surface area (Å²) in [6.45, 7) is 6.98. The third-order valence-electron chi connectivity index (χ3n) is 4.46. The molecule has 0 radical (unpaired) electrons. The first-order valence-electron chi connectivity index (χ1n) is 10.2. The Morgan fingerprint density at radius 2 is 1.77 bits per heavy atom. The van der Waals surface area contributed by atoms with Gasteiger partial charge in [0.25, 0.3) is 0 Å². The summed E-state index contributed by atoms with van der Waals surface area (Å²) in [4.78, 5) is 0.123. The molecule has 0 saturated carbocycles. The van der Waals surface area contributed by atoms with E-state index in [1.165, 1.54) is 23.1 Å². The van der Waals surface area contributed by atoms with Gasteiger partial charge in [0.15, 0.2) is 11.5 Å². The van der Waals surface area contributed by atoms with E-state index in [2.05, 4.69) is 20.2 Å². The van der Waals surface area contributed by atoms with E-state index in [1.807, 2.05) is 32.0 Å². The Bertz CT molecular complexity index is 1090. The summed E-state index contributed by atoms with van der Waals surface area (Å²) in [7, 11) is -3.78. The van der Waals surface area contributed by atoms with Crippen LogP contribution in [0.5, 0.6) is 11.5 Å². The van der Waals surface area contributed by atoms with Crippen LogP contribution in [-0.4, -0.2) is 41.8 Å². The van der Waals surface area contributed by atoms with Crippen molar-refractivity contribution in [3.63, 3.8) is 0 Å². The maximum Gasteiger partial charge on any atom is 0.241 e. The molecule has 166 valence electrons. The molecule has 3 aromatic rings. The fourth-order valence-electron chi connectivity index (χ4n) is 2.89. The number of hydrogen-bond acceptors (Lipinski definition) is 7. The molecule has 0 unspecified atom stereocenters. The topological polar surface area (TPSA) is 108 Å². The highest BCUT2D eigenvalue weighted by molar-refractivity contribution is 7.89. The first-order chi connectivity index (χ1) is 14.9. The van der Waals surface area contributed by atoms with Gasteiger partial charge in [-0.1, -0.05) is 26.0 Å². The van der Waals surface area contributed by atoms with Crippen LogP contribution in [0.15, 0.2) is 53.7 Å². The molecule has 1 N–H and O–H groups in total. The number of nitrogens with one attached hydrogen (secondary N) is 1. The summed E-state index contributed by atoms with van der Waals surface area (Å²) >= 11 is 0. The van der Waals surface area contributed by atoms with Gasteiger partial charge in [-0.15, -0.1) is 5.10 Å². The molecule has 0 saturated heterocycles. The lowest BCUT2D eigenvalue weighted by atomic mass is 10.1. The number of ether oxygens (including phenoxy) is 2. The molecule has 0 fully saturated rings. The smallest absolute Gasteiger partial charge is 0.241 e. The van der Waals surface area contributed by atoms with E-state index in [-0.39, 0.29) is 4.90 Å². The fourth-order valence-corrected chi connectivity index (χ4v) is 4.16. The molecule has 0 aliphatic carbocycles. The van der Waals surface area contributed by atoms with E-state index in [9.17, 15) is 8.42 Å². The van der Waals surface area contributed by atoms with E-state index in [0.29, 0.717) is 30.4 Å². The van der Waals surface area contributed by atoms with Crippen LogP contribution in [0.1, 0.15) is 45.2 Å². The van der Waals surface area contributed by atoms with Crippen molar-refractivity contribution in [3.05, 3.63) is 54.4 Å². The van der Waals surface area contributed by atoms with Crippen molar-refractivity contribution in [2.75, 3.05) is 13.2 Å². The number of tetrazole rings is 1. The number of hydrogen-bond donors (Lipinski definition) is 1. The van der Waals surface area contributed by atoms with E-state index in [0.717, 1.165) is 18.4 Å². The Kier molecular flexibility index (Phi) is 7.59. The Hall–Kier alpha value is -2.98. The third-order valence-corrected chi connectivity index (χ3v) is 6.00. The van der Waals surface area contributed by atoms with Gasteiger partial charge in [-0.25, -0.2) is 17.8 Å². The molecule has 0 spiro atoms. The maximum atomic E-state index is 13.0. The average Bonchev–Trinajstić information content (AvgIpc) is 3.31. The predicted octanol–water partition coefficient (Wildman–Crippen LogP) is 3.28. The number of sulfonamides is 1. The second-order valence-electron chi connectivity index (χ2n) is 7.00. The zero-order valence-corrected chi connectivity index (χ0v) is 18.7. The second-order valence-corrected chi connectivity index (χ2v) is 8.71. The van der Waals surface area contributed by atoms with Crippen molar-refractivity contribution in [1.29, 1.82) is 0 Å². The standard InChI is InChI=1S/C21H27N5O4S/c1-4-11-29-20-10-9-17(13-21(20)30-12-5-2)16(3)23-31(27,28)19-8-6-7-18(14-19)26-15-22-24-25-26/h6-10,13-16,23H,4-5,11-12H2,1-3H3/t16-/m1/s1. The summed E-state index contributed by atoms with van der Waals surface area (Å²) < 4.78 is 41.6. The largest absolute Gasteiger partial charge is 0.490 e. The highest BCUT2D eigenvalue weighted by Gasteiger charge is 2.20.